The van der Waals surface area contributed by atoms with E-state index in [1.807, 2.05) is 18.2 Å². The van der Waals surface area contributed by atoms with Crippen molar-refractivity contribution in [3.8, 4) is 22.6 Å². The minimum atomic E-state index is -0.660. The summed E-state index contributed by atoms with van der Waals surface area (Å²) < 4.78 is 12.5. The molecule has 9 nitrogen and oxygen atoms in total. The molecule has 0 bridgehead atoms. The summed E-state index contributed by atoms with van der Waals surface area (Å²) in [6, 6.07) is 13.3. The molecule has 3 aromatic rings. The van der Waals surface area contributed by atoms with Crippen LogP contribution in [-0.4, -0.2) is 60.0 Å². The number of aromatic nitrogens is 1. The molecule has 0 aliphatic carbocycles. The number of nitrogens with one attached hydrogen (secondary N) is 2. The van der Waals surface area contributed by atoms with Gasteiger partial charge in [0, 0.05) is 37.5 Å². The van der Waals surface area contributed by atoms with Crippen LogP contribution in [0.15, 0.2) is 54.7 Å². The quantitative estimate of drug-likeness (QED) is 0.592. The topological polar surface area (TPSA) is 102 Å². The van der Waals surface area contributed by atoms with E-state index in [-0.39, 0.29) is 30.3 Å². The third-order valence-electron chi connectivity index (χ3n) is 6.60. The minimum absolute atomic E-state index is 0.234. The van der Waals surface area contributed by atoms with Gasteiger partial charge in [0.1, 0.15) is 23.2 Å². The van der Waals surface area contributed by atoms with Crippen LogP contribution in [0.3, 0.4) is 0 Å². The third-order valence-corrected chi connectivity index (χ3v) is 6.60. The van der Waals surface area contributed by atoms with Crippen LogP contribution in [0.2, 0.25) is 0 Å². The molecule has 0 spiro atoms. The number of fused-ring (bicyclic) bond motifs is 2. The standard InChI is InChI=1S/C26H26N4O5/c1-29-10-4-5-21(29)24(31)27-16-12-22-25(32)28-20-9-6-15(11-19(20)26(33)30(22)14-16)18-8-7-17(34-2)13-23(18)35-3/h4-11,13,16,22H,12,14H2,1-3H3,(H,27,31)(H,28,32)/t16-,22-/m0/s1. The molecular weight excluding hydrogens is 448 g/mol. The zero-order valence-electron chi connectivity index (χ0n) is 19.7. The molecule has 2 N–H and O–H groups in total. The van der Waals surface area contributed by atoms with Crippen molar-refractivity contribution >= 4 is 23.4 Å². The van der Waals surface area contributed by atoms with Crippen LogP contribution < -0.4 is 20.1 Å². The van der Waals surface area contributed by atoms with Gasteiger partial charge in [0.25, 0.3) is 11.8 Å². The monoisotopic (exact) mass is 474 g/mol. The van der Waals surface area contributed by atoms with Gasteiger partial charge in [0.05, 0.1) is 25.5 Å². The highest BCUT2D eigenvalue weighted by molar-refractivity contribution is 6.11. The summed E-state index contributed by atoms with van der Waals surface area (Å²) in [4.78, 5) is 40.8. The highest BCUT2D eigenvalue weighted by atomic mass is 16.5. The van der Waals surface area contributed by atoms with Crippen molar-refractivity contribution in [2.24, 2.45) is 7.05 Å². The van der Waals surface area contributed by atoms with Gasteiger partial charge in [-0.1, -0.05) is 6.07 Å². The number of aryl methyl sites for hydroxylation is 1. The summed E-state index contributed by atoms with van der Waals surface area (Å²) in [5, 5.41) is 5.86. The largest absolute Gasteiger partial charge is 0.497 e. The number of ether oxygens (including phenoxy) is 2. The molecule has 0 radical (unpaired) electrons. The molecule has 3 heterocycles. The van der Waals surface area contributed by atoms with Crippen LogP contribution in [0.4, 0.5) is 5.69 Å². The van der Waals surface area contributed by atoms with E-state index < -0.39 is 6.04 Å². The first-order valence-corrected chi connectivity index (χ1v) is 11.3. The molecule has 180 valence electrons. The summed E-state index contributed by atoms with van der Waals surface area (Å²) in [5.41, 5.74) is 2.95. The number of nitrogens with zero attached hydrogens (tertiary/aromatic N) is 2. The Bertz CT molecular complexity index is 1330. The van der Waals surface area contributed by atoms with Crippen LogP contribution in [0.1, 0.15) is 27.3 Å². The molecule has 3 amide bonds. The second-order valence-electron chi connectivity index (χ2n) is 8.70. The van der Waals surface area contributed by atoms with Gasteiger partial charge < -0.3 is 29.6 Å². The molecule has 2 atom stereocenters. The van der Waals surface area contributed by atoms with Crippen LogP contribution in [-0.2, 0) is 11.8 Å². The van der Waals surface area contributed by atoms with Gasteiger partial charge in [-0.15, -0.1) is 0 Å². The van der Waals surface area contributed by atoms with Crippen LogP contribution in [0.5, 0.6) is 11.5 Å². The first-order valence-electron chi connectivity index (χ1n) is 11.3. The predicted molar refractivity (Wildman–Crippen MR) is 130 cm³/mol. The fourth-order valence-corrected chi connectivity index (χ4v) is 4.78. The van der Waals surface area contributed by atoms with Gasteiger partial charge >= 0.3 is 0 Å². The maximum atomic E-state index is 13.6. The third kappa shape index (κ3) is 3.99. The van der Waals surface area contributed by atoms with Crippen molar-refractivity contribution in [3.63, 3.8) is 0 Å². The molecule has 2 aromatic carbocycles. The van der Waals surface area contributed by atoms with E-state index in [0.29, 0.717) is 34.9 Å². The lowest BCUT2D eigenvalue weighted by atomic mass is 10.00. The Labute approximate surface area is 202 Å². The molecule has 5 rings (SSSR count). The van der Waals surface area contributed by atoms with Gasteiger partial charge in [0.15, 0.2) is 0 Å². The highest BCUT2D eigenvalue weighted by Crippen LogP contribution is 2.37. The first-order chi connectivity index (χ1) is 16.9. The Morgan fingerprint density at radius 3 is 2.60 bits per heavy atom. The summed E-state index contributed by atoms with van der Waals surface area (Å²) in [6.45, 7) is 0.253. The number of hydrogen-bond acceptors (Lipinski definition) is 5. The Balaban J connectivity index is 1.43. The fourth-order valence-electron chi connectivity index (χ4n) is 4.78. The zero-order valence-corrected chi connectivity index (χ0v) is 19.7. The average molecular weight is 475 g/mol. The van der Waals surface area contributed by atoms with Crippen LogP contribution in [0.25, 0.3) is 11.1 Å². The lowest BCUT2D eigenvalue weighted by Crippen LogP contribution is -2.41. The van der Waals surface area contributed by atoms with Crippen molar-refractivity contribution < 1.29 is 23.9 Å². The van der Waals surface area contributed by atoms with E-state index in [4.69, 9.17) is 9.47 Å². The normalized spacial score (nSPS) is 18.9. The molecule has 0 unspecified atom stereocenters. The van der Waals surface area contributed by atoms with Gasteiger partial charge in [-0.05, 0) is 48.4 Å². The van der Waals surface area contributed by atoms with E-state index in [1.165, 1.54) is 0 Å². The molecule has 1 fully saturated rings. The molecule has 9 heteroatoms. The molecule has 0 saturated carbocycles. The van der Waals surface area contributed by atoms with Crippen molar-refractivity contribution in [3.05, 3.63) is 66.0 Å². The van der Waals surface area contributed by atoms with Crippen molar-refractivity contribution in [2.75, 3.05) is 26.1 Å². The highest BCUT2D eigenvalue weighted by Gasteiger charge is 2.43. The smallest absolute Gasteiger partial charge is 0.268 e. The second-order valence-corrected chi connectivity index (χ2v) is 8.70. The number of anilines is 1. The predicted octanol–water partition coefficient (Wildman–Crippen LogP) is 2.67. The van der Waals surface area contributed by atoms with Crippen molar-refractivity contribution in [1.29, 1.82) is 0 Å². The number of hydrogen-bond donors (Lipinski definition) is 2. The number of benzene rings is 2. The van der Waals surface area contributed by atoms with E-state index in [0.717, 1.165) is 11.1 Å². The van der Waals surface area contributed by atoms with E-state index in [2.05, 4.69) is 10.6 Å². The second kappa shape index (κ2) is 8.83. The molecule has 35 heavy (non-hydrogen) atoms. The fraction of sp³-hybridized carbons (Fsp3) is 0.269. The SMILES string of the molecule is COc1ccc(-c2ccc3c(c2)C(=O)N2C[C@@H](NC(=O)c4cccn4C)C[C@H]2C(=O)N3)c(OC)c1. The van der Waals surface area contributed by atoms with Gasteiger partial charge in [-0.2, -0.15) is 0 Å². The first kappa shape index (κ1) is 22.5. The Morgan fingerprint density at radius 1 is 1.06 bits per heavy atom. The molecule has 2 aliphatic rings. The Morgan fingerprint density at radius 2 is 1.89 bits per heavy atom. The summed E-state index contributed by atoms with van der Waals surface area (Å²) in [6.07, 6.45) is 2.14. The lowest BCUT2D eigenvalue weighted by molar-refractivity contribution is -0.119. The molecule has 2 aliphatic heterocycles. The van der Waals surface area contributed by atoms with E-state index in [9.17, 15) is 14.4 Å². The van der Waals surface area contributed by atoms with Gasteiger partial charge in [-0.3, -0.25) is 14.4 Å². The maximum Gasteiger partial charge on any atom is 0.268 e. The average Bonchev–Trinajstić information content (AvgIpc) is 3.47. The van der Waals surface area contributed by atoms with Crippen molar-refractivity contribution in [1.82, 2.24) is 14.8 Å². The molecule has 1 saturated heterocycles. The van der Waals surface area contributed by atoms with E-state index in [1.54, 1.807) is 67.3 Å². The van der Waals surface area contributed by atoms with Gasteiger partial charge in [0.2, 0.25) is 5.91 Å². The summed E-state index contributed by atoms with van der Waals surface area (Å²) in [5.74, 6) is 0.516. The summed E-state index contributed by atoms with van der Waals surface area (Å²) in [7, 11) is 4.95. The number of methoxy groups -OCH3 is 2. The van der Waals surface area contributed by atoms with Crippen molar-refractivity contribution in [2.45, 2.75) is 18.5 Å². The number of amides is 3. The Kier molecular flexibility index (Phi) is 5.68. The number of carbonyl (C=O) groups is 3. The van der Waals surface area contributed by atoms with E-state index >= 15 is 0 Å². The number of rotatable bonds is 5. The zero-order chi connectivity index (χ0) is 24.7. The molecular formula is C26H26N4O5. The Hall–Kier alpha value is -4.27. The lowest BCUT2D eigenvalue weighted by Gasteiger charge is -2.20. The maximum absolute atomic E-state index is 13.6. The van der Waals surface area contributed by atoms with Crippen LogP contribution >= 0.6 is 0 Å². The van der Waals surface area contributed by atoms with Crippen LogP contribution in [0, 0.1) is 0 Å². The summed E-state index contributed by atoms with van der Waals surface area (Å²) >= 11 is 0. The number of carbonyl (C=O) groups excluding carboxylic acids is 3. The molecule has 1 aromatic heterocycles. The minimum Gasteiger partial charge on any atom is -0.497 e. The van der Waals surface area contributed by atoms with Gasteiger partial charge in [-0.25, -0.2) is 0 Å².